The number of nitrogens with one attached hydrogen (secondary N) is 1. The highest BCUT2D eigenvalue weighted by molar-refractivity contribution is 5.77. The van der Waals surface area contributed by atoms with Gasteiger partial charge >= 0.3 is 0 Å². The highest BCUT2D eigenvalue weighted by Gasteiger charge is 2.31. The molecule has 2 atom stereocenters. The van der Waals surface area contributed by atoms with E-state index in [0.29, 0.717) is 23.9 Å². The lowest BCUT2D eigenvalue weighted by molar-refractivity contribution is -0.138. The topological polar surface area (TPSA) is 32.3 Å². The van der Waals surface area contributed by atoms with E-state index in [1.54, 1.807) is 0 Å². The molecule has 0 radical (unpaired) electrons. The van der Waals surface area contributed by atoms with Crippen LogP contribution in [0.3, 0.4) is 0 Å². The number of hydrogen-bond acceptors (Lipinski definition) is 2. The summed E-state index contributed by atoms with van der Waals surface area (Å²) in [6.45, 7) is 6.43. The molecule has 2 saturated heterocycles. The first-order chi connectivity index (χ1) is 7.18. The average Bonchev–Trinajstić information content (AvgIpc) is 2.11. The Morgan fingerprint density at radius 2 is 1.87 bits per heavy atom. The molecule has 2 heterocycles. The second kappa shape index (κ2) is 4.52. The Hall–Kier alpha value is -0.570. The molecule has 0 aromatic heterocycles. The first-order valence-electron chi connectivity index (χ1n) is 6.20. The van der Waals surface area contributed by atoms with Crippen molar-refractivity contribution in [2.24, 2.45) is 5.92 Å². The third-order valence-corrected chi connectivity index (χ3v) is 3.81. The molecule has 15 heavy (non-hydrogen) atoms. The van der Waals surface area contributed by atoms with Crippen LogP contribution in [0.25, 0.3) is 0 Å². The second-order valence-electron chi connectivity index (χ2n) is 5.16. The monoisotopic (exact) mass is 210 g/mol. The fourth-order valence-electron chi connectivity index (χ4n) is 2.76. The number of nitrogens with zero attached hydrogens (tertiary/aromatic N) is 1. The average molecular weight is 210 g/mol. The fraction of sp³-hybridized carbons (Fsp3) is 0.917. The van der Waals surface area contributed by atoms with Crippen molar-refractivity contribution in [3.05, 3.63) is 0 Å². The van der Waals surface area contributed by atoms with Crippen molar-refractivity contribution >= 4 is 5.91 Å². The van der Waals surface area contributed by atoms with Gasteiger partial charge < -0.3 is 10.2 Å². The molecule has 2 rings (SSSR count). The van der Waals surface area contributed by atoms with Gasteiger partial charge in [0.2, 0.25) is 5.91 Å². The van der Waals surface area contributed by atoms with Crippen LogP contribution in [-0.2, 0) is 4.79 Å². The number of likely N-dealkylation sites (tertiary alicyclic amines) is 1. The van der Waals surface area contributed by atoms with Crippen molar-refractivity contribution in [3.8, 4) is 0 Å². The van der Waals surface area contributed by atoms with Gasteiger partial charge in [0.15, 0.2) is 0 Å². The number of rotatable bonds is 2. The van der Waals surface area contributed by atoms with Crippen LogP contribution in [0.1, 0.15) is 39.5 Å². The molecule has 86 valence electrons. The smallest absolute Gasteiger partial charge is 0.223 e. The molecule has 1 amide bonds. The molecule has 0 bridgehead atoms. The van der Waals surface area contributed by atoms with Crippen LogP contribution in [0.15, 0.2) is 0 Å². The number of carbonyl (C=O) groups excluding carboxylic acids is 1. The highest BCUT2D eigenvalue weighted by atomic mass is 16.2. The third kappa shape index (κ3) is 2.33. The molecular formula is C12H22N2O. The molecular weight excluding hydrogens is 188 g/mol. The Bertz CT molecular complexity index is 228. The summed E-state index contributed by atoms with van der Waals surface area (Å²) in [5.41, 5.74) is 0. The molecule has 0 aliphatic carbocycles. The van der Waals surface area contributed by atoms with Crippen LogP contribution >= 0.6 is 0 Å². The lowest BCUT2D eigenvalue weighted by Gasteiger charge is -2.40. The van der Waals surface area contributed by atoms with Gasteiger partial charge in [-0.3, -0.25) is 4.79 Å². The predicted molar refractivity (Wildman–Crippen MR) is 60.6 cm³/mol. The van der Waals surface area contributed by atoms with E-state index < -0.39 is 0 Å². The Morgan fingerprint density at radius 3 is 2.33 bits per heavy atom. The van der Waals surface area contributed by atoms with Crippen LogP contribution < -0.4 is 5.32 Å². The Morgan fingerprint density at radius 1 is 1.27 bits per heavy atom. The van der Waals surface area contributed by atoms with E-state index in [2.05, 4.69) is 24.1 Å². The molecule has 1 N–H and O–H groups in total. The number of amides is 1. The SMILES string of the molecule is CC1CCCC(C)N1C(=O)CC1CNC1. The summed E-state index contributed by atoms with van der Waals surface area (Å²) in [6, 6.07) is 0.906. The largest absolute Gasteiger partial charge is 0.337 e. The van der Waals surface area contributed by atoms with Gasteiger partial charge in [-0.2, -0.15) is 0 Å². The summed E-state index contributed by atoms with van der Waals surface area (Å²) in [7, 11) is 0. The van der Waals surface area contributed by atoms with Crippen molar-refractivity contribution in [1.82, 2.24) is 10.2 Å². The van der Waals surface area contributed by atoms with Gasteiger partial charge in [-0.15, -0.1) is 0 Å². The third-order valence-electron chi connectivity index (χ3n) is 3.81. The fourth-order valence-corrected chi connectivity index (χ4v) is 2.76. The van der Waals surface area contributed by atoms with E-state index in [-0.39, 0.29) is 0 Å². The molecule has 3 heteroatoms. The van der Waals surface area contributed by atoms with Crippen molar-refractivity contribution < 1.29 is 4.79 Å². The normalized spacial score (nSPS) is 32.5. The lowest BCUT2D eigenvalue weighted by atomic mass is 9.93. The van der Waals surface area contributed by atoms with Crippen LogP contribution in [0.2, 0.25) is 0 Å². The number of carbonyl (C=O) groups is 1. The maximum Gasteiger partial charge on any atom is 0.223 e. The zero-order chi connectivity index (χ0) is 10.8. The van der Waals surface area contributed by atoms with Crippen LogP contribution in [0.4, 0.5) is 0 Å². The van der Waals surface area contributed by atoms with Gasteiger partial charge in [0, 0.05) is 18.5 Å². The minimum absolute atomic E-state index is 0.376. The molecule has 2 unspecified atom stereocenters. The number of piperidine rings is 1. The summed E-state index contributed by atoms with van der Waals surface area (Å²) in [5, 5.41) is 3.22. The maximum absolute atomic E-state index is 12.1. The summed E-state index contributed by atoms with van der Waals surface area (Å²) in [4.78, 5) is 14.2. The van der Waals surface area contributed by atoms with Crippen molar-refractivity contribution in [2.45, 2.75) is 51.6 Å². The minimum atomic E-state index is 0.376. The highest BCUT2D eigenvalue weighted by Crippen LogP contribution is 2.24. The summed E-state index contributed by atoms with van der Waals surface area (Å²) < 4.78 is 0. The number of hydrogen-bond donors (Lipinski definition) is 1. The quantitative estimate of drug-likeness (QED) is 0.747. The van der Waals surface area contributed by atoms with E-state index in [0.717, 1.165) is 19.5 Å². The Labute approximate surface area is 92.2 Å². The van der Waals surface area contributed by atoms with E-state index in [4.69, 9.17) is 0 Å². The Balaban J connectivity index is 1.90. The summed E-state index contributed by atoms with van der Waals surface area (Å²) in [5.74, 6) is 0.972. The standard InChI is InChI=1S/C12H22N2O/c1-9-4-3-5-10(2)14(9)12(15)6-11-7-13-8-11/h9-11,13H,3-8H2,1-2H3. The van der Waals surface area contributed by atoms with Crippen molar-refractivity contribution in [1.29, 1.82) is 0 Å². The minimum Gasteiger partial charge on any atom is -0.337 e. The van der Waals surface area contributed by atoms with Crippen molar-refractivity contribution in [3.63, 3.8) is 0 Å². The molecule has 0 aromatic carbocycles. The van der Waals surface area contributed by atoms with Gasteiger partial charge in [-0.05, 0) is 52.1 Å². The van der Waals surface area contributed by atoms with E-state index in [1.165, 1.54) is 19.3 Å². The van der Waals surface area contributed by atoms with Gasteiger partial charge in [-0.25, -0.2) is 0 Å². The van der Waals surface area contributed by atoms with E-state index >= 15 is 0 Å². The molecule has 0 spiro atoms. The molecule has 2 fully saturated rings. The van der Waals surface area contributed by atoms with Gasteiger partial charge in [0.25, 0.3) is 0 Å². The molecule has 2 aliphatic rings. The Kier molecular flexibility index (Phi) is 3.29. The van der Waals surface area contributed by atoms with Crippen LogP contribution in [-0.4, -0.2) is 36.0 Å². The first kappa shape index (κ1) is 10.9. The van der Waals surface area contributed by atoms with Gasteiger partial charge in [0.05, 0.1) is 0 Å². The second-order valence-corrected chi connectivity index (χ2v) is 5.16. The molecule has 3 nitrogen and oxygen atoms in total. The van der Waals surface area contributed by atoms with E-state index in [9.17, 15) is 4.79 Å². The summed E-state index contributed by atoms with van der Waals surface area (Å²) >= 11 is 0. The zero-order valence-electron chi connectivity index (χ0n) is 9.83. The predicted octanol–water partition coefficient (Wildman–Crippen LogP) is 1.39. The van der Waals surface area contributed by atoms with Crippen molar-refractivity contribution in [2.75, 3.05) is 13.1 Å². The van der Waals surface area contributed by atoms with Crippen LogP contribution in [0.5, 0.6) is 0 Å². The lowest BCUT2D eigenvalue weighted by Crippen LogP contribution is -2.51. The van der Waals surface area contributed by atoms with Gasteiger partial charge in [0.1, 0.15) is 0 Å². The first-order valence-corrected chi connectivity index (χ1v) is 6.20. The molecule has 2 aliphatic heterocycles. The van der Waals surface area contributed by atoms with Gasteiger partial charge in [-0.1, -0.05) is 0 Å². The molecule has 0 aromatic rings. The van der Waals surface area contributed by atoms with E-state index in [1.807, 2.05) is 0 Å². The van der Waals surface area contributed by atoms with Crippen LogP contribution in [0, 0.1) is 5.92 Å². The molecule has 0 saturated carbocycles. The maximum atomic E-state index is 12.1. The zero-order valence-corrected chi connectivity index (χ0v) is 9.83. The summed E-state index contributed by atoms with van der Waals surface area (Å²) in [6.07, 6.45) is 4.39.